The van der Waals surface area contributed by atoms with Crippen LogP contribution in [0.25, 0.3) is 11.4 Å². The van der Waals surface area contributed by atoms with E-state index in [4.69, 9.17) is 9.72 Å². The molecule has 1 N–H and O–H groups in total. The van der Waals surface area contributed by atoms with E-state index in [-0.39, 0.29) is 5.91 Å². The largest absolute Gasteiger partial charge is 0.497 e. The van der Waals surface area contributed by atoms with Crippen LogP contribution < -0.4 is 10.1 Å². The van der Waals surface area contributed by atoms with Gasteiger partial charge in [0.15, 0.2) is 0 Å². The monoisotopic (exact) mass is 389 g/mol. The molecule has 1 amide bonds. The van der Waals surface area contributed by atoms with E-state index in [2.05, 4.69) is 41.1 Å². The SMILES string of the molecule is COc1ccc(CNC(=O)c2nc(-c3ccc(C)cc3)n3c2CCCCC3)cc1. The van der Waals surface area contributed by atoms with Crippen LogP contribution in [0.1, 0.15) is 46.6 Å². The average Bonchev–Trinajstić information content (AvgIpc) is 2.94. The number of ether oxygens (including phenoxy) is 1. The van der Waals surface area contributed by atoms with Gasteiger partial charge in [-0.3, -0.25) is 4.79 Å². The van der Waals surface area contributed by atoms with Crippen LogP contribution in [0, 0.1) is 6.92 Å². The van der Waals surface area contributed by atoms with Gasteiger partial charge in [0.2, 0.25) is 0 Å². The van der Waals surface area contributed by atoms with E-state index in [0.717, 1.165) is 54.2 Å². The number of hydrogen-bond donors (Lipinski definition) is 1. The number of aryl methyl sites for hydroxylation is 1. The third-order valence-electron chi connectivity index (χ3n) is 5.50. The highest BCUT2D eigenvalue weighted by Gasteiger charge is 2.24. The molecule has 0 radical (unpaired) electrons. The summed E-state index contributed by atoms with van der Waals surface area (Å²) >= 11 is 0. The van der Waals surface area contributed by atoms with Gasteiger partial charge in [-0.05, 0) is 43.9 Å². The minimum absolute atomic E-state index is 0.107. The molecule has 0 fully saturated rings. The van der Waals surface area contributed by atoms with Gasteiger partial charge in [-0.1, -0.05) is 48.4 Å². The zero-order valence-corrected chi connectivity index (χ0v) is 17.1. The molecule has 1 aromatic heterocycles. The first kappa shape index (κ1) is 19.2. The quantitative estimate of drug-likeness (QED) is 0.698. The zero-order valence-electron chi connectivity index (χ0n) is 17.1. The summed E-state index contributed by atoms with van der Waals surface area (Å²) < 4.78 is 7.44. The fourth-order valence-corrected chi connectivity index (χ4v) is 3.83. The predicted molar refractivity (Wildman–Crippen MR) is 114 cm³/mol. The van der Waals surface area contributed by atoms with E-state index >= 15 is 0 Å². The number of aromatic nitrogens is 2. The average molecular weight is 389 g/mol. The van der Waals surface area contributed by atoms with Gasteiger partial charge < -0.3 is 14.6 Å². The Kier molecular flexibility index (Phi) is 5.65. The molecule has 2 aromatic carbocycles. The van der Waals surface area contributed by atoms with Crippen molar-refractivity contribution in [3.63, 3.8) is 0 Å². The lowest BCUT2D eigenvalue weighted by atomic mass is 10.1. The molecule has 0 atom stereocenters. The molecule has 0 saturated carbocycles. The molecule has 0 unspecified atom stereocenters. The highest BCUT2D eigenvalue weighted by Crippen LogP contribution is 2.27. The fourth-order valence-electron chi connectivity index (χ4n) is 3.83. The number of nitrogens with one attached hydrogen (secondary N) is 1. The van der Waals surface area contributed by atoms with Crippen LogP contribution >= 0.6 is 0 Å². The van der Waals surface area contributed by atoms with Gasteiger partial charge in [0.1, 0.15) is 17.3 Å². The first-order valence-corrected chi connectivity index (χ1v) is 10.2. The van der Waals surface area contributed by atoms with Crippen molar-refractivity contribution in [2.75, 3.05) is 7.11 Å². The number of methoxy groups -OCH3 is 1. The number of carbonyl (C=O) groups is 1. The summed E-state index contributed by atoms with van der Waals surface area (Å²) in [5.74, 6) is 1.60. The number of carbonyl (C=O) groups excluding carboxylic acids is 1. The number of benzene rings is 2. The second-order valence-corrected chi connectivity index (χ2v) is 7.59. The molecule has 3 aromatic rings. The Morgan fingerprint density at radius 1 is 1.07 bits per heavy atom. The predicted octanol–water partition coefficient (Wildman–Crippen LogP) is 4.52. The molecular formula is C24H27N3O2. The lowest BCUT2D eigenvalue weighted by Gasteiger charge is -2.09. The van der Waals surface area contributed by atoms with Crippen LogP contribution in [0.3, 0.4) is 0 Å². The van der Waals surface area contributed by atoms with Gasteiger partial charge in [0, 0.05) is 18.7 Å². The Bertz CT molecular complexity index is 988. The summed E-state index contributed by atoms with van der Waals surface area (Å²) in [6, 6.07) is 16.1. The molecule has 5 heteroatoms. The molecule has 1 aliphatic rings. The van der Waals surface area contributed by atoms with Gasteiger partial charge >= 0.3 is 0 Å². The van der Waals surface area contributed by atoms with Crippen LogP contribution in [-0.2, 0) is 19.5 Å². The van der Waals surface area contributed by atoms with Crippen molar-refractivity contribution in [2.45, 2.75) is 45.7 Å². The van der Waals surface area contributed by atoms with E-state index in [1.165, 1.54) is 12.0 Å². The van der Waals surface area contributed by atoms with Crippen molar-refractivity contribution in [1.29, 1.82) is 0 Å². The van der Waals surface area contributed by atoms with Gasteiger partial charge in [0.25, 0.3) is 5.91 Å². The van der Waals surface area contributed by atoms with Crippen LogP contribution in [0.15, 0.2) is 48.5 Å². The molecule has 150 valence electrons. The Morgan fingerprint density at radius 3 is 2.55 bits per heavy atom. The second-order valence-electron chi connectivity index (χ2n) is 7.59. The summed E-state index contributed by atoms with van der Waals surface area (Å²) in [6.07, 6.45) is 4.29. The highest BCUT2D eigenvalue weighted by molar-refractivity contribution is 5.94. The third kappa shape index (κ3) is 4.19. The fraction of sp³-hybridized carbons (Fsp3) is 0.333. The van der Waals surface area contributed by atoms with Crippen LogP contribution in [-0.4, -0.2) is 22.6 Å². The Hall–Kier alpha value is -3.08. The summed E-state index contributed by atoms with van der Waals surface area (Å²) in [5, 5.41) is 3.04. The second kappa shape index (κ2) is 8.52. The molecule has 0 aliphatic carbocycles. The number of nitrogens with zero attached hydrogens (tertiary/aromatic N) is 2. The van der Waals surface area contributed by atoms with Crippen molar-refractivity contribution in [2.24, 2.45) is 0 Å². The van der Waals surface area contributed by atoms with Crippen molar-refractivity contribution in [1.82, 2.24) is 14.9 Å². The van der Waals surface area contributed by atoms with Gasteiger partial charge in [0.05, 0.1) is 12.8 Å². The number of amides is 1. The maximum absolute atomic E-state index is 13.0. The van der Waals surface area contributed by atoms with Crippen molar-refractivity contribution < 1.29 is 9.53 Å². The van der Waals surface area contributed by atoms with Crippen molar-refractivity contribution in [3.05, 3.63) is 71.0 Å². The minimum atomic E-state index is -0.107. The summed E-state index contributed by atoms with van der Waals surface area (Å²) in [4.78, 5) is 17.8. The number of imidazole rings is 1. The third-order valence-corrected chi connectivity index (χ3v) is 5.50. The van der Waals surface area contributed by atoms with E-state index in [0.29, 0.717) is 12.2 Å². The first-order chi connectivity index (χ1) is 14.2. The Balaban J connectivity index is 1.60. The molecular weight excluding hydrogens is 362 g/mol. The Labute approximate surface area is 171 Å². The van der Waals surface area contributed by atoms with E-state index in [1.807, 2.05) is 24.3 Å². The standard InChI is InChI=1S/C24H27N3O2/c1-17-7-11-19(12-8-17)23-26-22(21-6-4-3-5-15-27(21)23)24(28)25-16-18-9-13-20(29-2)14-10-18/h7-14H,3-6,15-16H2,1-2H3,(H,25,28). The highest BCUT2D eigenvalue weighted by atomic mass is 16.5. The van der Waals surface area contributed by atoms with Gasteiger partial charge in [-0.2, -0.15) is 0 Å². The molecule has 2 heterocycles. The number of hydrogen-bond acceptors (Lipinski definition) is 3. The van der Waals surface area contributed by atoms with Crippen LogP contribution in [0.2, 0.25) is 0 Å². The van der Waals surface area contributed by atoms with E-state index in [1.54, 1.807) is 7.11 Å². The minimum Gasteiger partial charge on any atom is -0.497 e. The molecule has 0 bridgehead atoms. The maximum atomic E-state index is 13.0. The smallest absolute Gasteiger partial charge is 0.272 e. The lowest BCUT2D eigenvalue weighted by molar-refractivity contribution is 0.0945. The summed E-state index contributed by atoms with van der Waals surface area (Å²) in [6.45, 7) is 3.46. The maximum Gasteiger partial charge on any atom is 0.272 e. The normalized spacial score (nSPS) is 13.4. The molecule has 5 nitrogen and oxygen atoms in total. The Morgan fingerprint density at radius 2 is 1.83 bits per heavy atom. The van der Waals surface area contributed by atoms with E-state index in [9.17, 15) is 4.79 Å². The molecule has 0 spiro atoms. The van der Waals surface area contributed by atoms with Gasteiger partial charge in [-0.15, -0.1) is 0 Å². The van der Waals surface area contributed by atoms with Crippen molar-refractivity contribution >= 4 is 5.91 Å². The van der Waals surface area contributed by atoms with Crippen LogP contribution in [0.4, 0.5) is 0 Å². The lowest BCUT2D eigenvalue weighted by Crippen LogP contribution is -2.24. The van der Waals surface area contributed by atoms with E-state index < -0.39 is 0 Å². The zero-order chi connectivity index (χ0) is 20.2. The summed E-state index contributed by atoms with van der Waals surface area (Å²) in [5.41, 5.74) is 4.94. The van der Waals surface area contributed by atoms with Crippen molar-refractivity contribution in [3.8, 4) is 17.1 Å². The number of fused-ring (bicyclic) bond motifs is 1. The van der Waals surface area contributed by atoms with Gasteiger partial charge in [-0.25, -0.2) is 4.98 Å². The molecule has 4 rings (SSSR count). The topological polar surface area (TPSA) is 56.1 Å². The molecule has 1 aliphatic heterocycles. The first-order valence-electron chi connectivity index (χ1n) is 10.2. The summed E-state index contributed by atoms with van der Waals surface area (Å²) in [7, 11) is 1.65. The van der Waals surface area contributed by atoms with Crippen LogP contribution in [0.5, 0.6) is 5.75 Å². The molecule has 0 saturated heterocycles. The number of rotatable bonds is 5. The molecule has 29 heavy (non-hydrogen) atoms.